The minimum absolute atomic E-state index is 0.164. The number of anilines is 1. The molecule has 0 unspecified atom stereocenters. The number of nitrogens with zero attached hydrogens (tertiary/aromatic N) is 3. The second kappa shape index (κ2) is 7.34. The first-order valence-corrected chi connectivity index (χ1v) is 9.71. The summed E-state index contributed by atoms with van der Waals surface area (Å²) >= 11 is 0. The average molecular weight is 366 g/mol. The third-order valence-corrected chi connectivity index (χ3v) is 5.46. The Morgan fingerprint density at radius 2 is 2.04 bits per heavy atom. The van der Waals surface area contributed by atoms with Crippen molar-refractivity contribution in [2.75, 3.05) is 12.0 Å². The van der Waals surface area contributed by atoms with E-state index in [-0.39, 0.29) is 5.54 Å². The lowest BCUT2D eigenvalue weighted by Crippen LogP contribution is -2.51. The summed E-state index contributed by atoms with van der Waals surface area (Å²) in [5, 5.41) is 0. The summed E-state index contributed by atoms with van der Waals surface area (Å²) in [6, 6.07) is 8.87. The number of ether oxygens (including phenoxy) is 1. The third-order valence-electron chi connectivity index (χ3n) is 5.46. The highest BCUT2D eigenvalue weighted by atomic mass is 16.5. The van der Waals surface area contributed by atoms with Crippen molar-refractivity contribution in [1.82, 2.24) is 4.98 Å². The Hall–Kier alpha value is -2.36. The summed E-state index contributed by atoms with van der Waals surface area (Å²) in [5.41, 5.74) is 6.19. The van der Waals surface area contributed by atoms with E-state index in [0.717, 1.165) is 12.1 Å². The summed E-state index contributed by atoms with van der Waals surface area (Å²) in [6.45, 7) is 13.8. The van der Waals surface area contributed by atoms with Gasteiger partial charge in [0.1, 0.15) is 0 Å². The molecule has 0 bridgehead atoms. The van der Waals surface area contributed by atoms with Crippen LogP contribution >= 0.6 is 0 Å². The molecule has 0 amide bonds. The van der Waals surface area contributed by atoms with Gasteiger partial charge in [0.15, 0.2) is 0 Å². The molecule has 27 heavy (non-hydrogen) atoms. The first-order chi connectivity index (χ1) is 12.7. The van der Waals surface area contributed by atoms with Crippen molar-refractivity contribution in [1.29, 1.82) is 0 Å². The molecule has 1 atom stereocenters. The third kappa shape index (κ3) is 3.85. The number of hydrogen-bond donors (Lipinski definition) is 0. The van der Waals surface area contributed by atoms with Crippen molar-refractivity contribution in [3.63, 3.8) is 0 Å². The fraction of sp³-hybridized carbons (Fsp3) is 0.478. The van der Waals surface area contributed by atoms with Crippen LogP contribution in [-0.4, -0.2) is 29.9 Å². The first-order valence-electron chi connectivity index (χ1n) is 9.71. The maximum atomic E-state index is 5.10. The average Bonchev–Trinajstić information content (AvgIpc) is 2.59. The maximum absolute atomic E-state index is 5.10. The molecule has 1 aromatic heterocycles. The van der Waals surface area contributed by atoms with Gasteiger partial charge in [0.05, 0.1) is 19.0 Å². The Kier molecular flexibility index (Phi) is 5.27. The predicted octanol–water partition coefficient (Wildman–Crippen LogP) is 5.65. The predicted molar refractivity (Wildman–Crippen MR) is 114 cm³/mol. The van der Waals surface area contributed by atoms with E-state index in [1.807, 2.05) is 18.3 Å². The van der Waals surface area contributed by atoms with Gasteiger partial charge in [0.25, 0.3) is 0 Å². The number of hydrogen-bond acceptors (Lipinski definition) is 4. The zero-order chi connectivity index (χ0) is 19.8. The zero-order valence-electron chi connectivity index (χ0n) is 17.6. The van der Waals surface area contributed by atoms with Crippen LogP contribution in [0, 0.1) is 6.92 Å². The molecule has 0 saturated heterocycles. The molecule has 2 aromatic rings. The SMILES string of the molecule is COc1ccc(N=Cc2cc3c(cc2C)N(C(C)C)C(C)(C)C[C@H]3C)cn1. The quantitative estimate of drug-likeness (QED) is 0.657. The molecule has 2 heterocycles. The molecular weight excluding hydrogens is 334 g/mol. The Morgan fingerprint density at radius 3 is 2.63 bits per heavy atom. The number of rotatable bonds is 4. The van der Waals surface area contributed by atoms with Crippen LogP contribution in [0.15, 0.2) is 35.5 Å². The summed E-state index contributed by atoms with van der Waals surface area (Å²) in [5.74, 6) is 1.13. The number of benzene rings is 1. The van der Waals surface area contributed by atoms with E-state index in [1.54, 1.807) is 13.3 Å². The molecule has 4 nitrogen and oxygen atoms in total. The lowest BCUT2D eigenvalue weighted by Gasteiger charge is -2.50. The number of methoxy groups -OCH3 is 1. The molecular formula is C23H31N3O. The smallest absolute Gasteiger partial charge is 0.213 e. The van der Waals surface area contributed by atoms with Gasteiger partial charge in [0.2, 0.25) is 5.88 Å². The minimum Gasteiger partial charge on any atom is -0.481 e. The summed E-state index contributed by atoms with van der Waals surface area (Å²) in [4.78, 5) is 11.4. The van der Waals surface area contributed by atoms with Crippen LogP contribution in [0.1, 0.15) is 63.6 Å². The second-order valence-electron chi connectivity index (χ2n) is 8.47. The standard InChI is InChI=1S/C23H31N3O/c1-15(2)26-21-10-16(3)18(11-20(21)17(4)12-23(26,5)6)13-24-19-8-9-22(27-7)25-14-19/h8-11,13-15,17H,12H2,1-7H3/t17-/m1/s1. The van der Waals surface area contributed by atoms with Crippen LogP contribution in [0.4, 0.5) is 11.4 Å². The van der Waals surface area contributed by atoms with Gasteiger partial charge in [-0.3, -0.25) is 4.99 Å². The van der Waals surface area contributed by atoms with Crippen molar-refractivity contribution >= 4 is 17.6 Å². The summed E-state index contributed by atoms with van der Waals surface area (Å²) in [6.07, 6.45) is 4.83. The number of aliphatic imine (C=N–C) groups is 1. The zero-order valence-corrected chi connectivity index (χ0v) is 17.6. The highest BCUT2D eigenvalue weighted by Gasteiger charge is 2.37. The van der Waals surface area contributed by atoms with E-state index in [1.165, 1.54) is 22.4 Å². The molecule has 0 aliphatic carbocycles. The summed E-state index contributed by atoms with van der Waals surface area (Å²) in [7, 11) is 1.62. The highest BCUT2D eigenvalue weighted by molar-refractivity contribution is 5.86. The van der Waals surface area contributed by atoms with Crippen LogP contribution < -0.4 is 9.64 Å². The second-order valence-corrected chi connectivity index (χ2v) is 8.47. The molecule has 0 N–H and O–H groups in total. The van der Waals surface area contributed by atoms with Crippen LogP contribution in [0.5, 0.6) is 5.88 Å². The van der Waals surface area contributed by atoms with Gasteiger partial charge < -0.3 is 9.64 Å². The molecule has 1 aromatic carbocycles. The molecule has 0 fully saturated rings. The maximum Gasteiger partial charge on any atom is 0.213 e. The van der Waals surface area contributed by atoms with Crippen molar-refractivity contribution in [2.24, 2.45) is 4.99 Å². The Balaban J connectivity index is 1.98. The highest BCUT2D eigenvalue weighted by Crippen LogP contribution is 2.45. The topological polar surface area (TPSA) is 37.7 Å². The van der Waals surface area contributed by atoms with Gasteiger partial charge in [-0.15, -0.1) is 0 Å². The number of fused-ring (bicyclic) bond motifs is 1. The Bertz CT molecular complexity index is 837. The molecule has 0 saturated carbocycles. The summed E-state index contributed by atoms with van der Waals surface area (Å²) < 4.78 is 5.10. The number of aromatic nitrogens is 1. The van der Waals surface area contributed by atoms with Gasteiger partial charge in [-0.2, -0.15) is 0 Å². The van der Waals surface area contributed by atoms with Crippen LogP contribution in [0.3, 0.4) is 0 Å². The van der Waals surface area contributed by atoms with Crippen LogP contribution in [0.25, 0.3) is 0 Å². The molecule has 0 radical (unpaired) electrons. The van der Waals surface area contributed by atoms with E-state index >= 15 is 0 Å². The number of pyridine rings is 1. The first kappa shape index (κ1) is 19.4. The fourth-order valence-electron chi connectivity index (χ4n) is 4.44. The normalized spacial score (nSPS) is 18.8. The minimum atomic E-state index is 0.164. The monoisotopic (exact) mass is 365 g/mol. The van der Waals surface area contributed by atoms with Gasteiger partial charge >= 0.3 is 0 Å². The van der Waals surface area contributed by atoms with Gasteiger partial charge in [-0.05, 0) is 81.8 Å². The van der Waals surface area contributed by atoms with Crippen LogP contribution in [-0.2, 0) is 0 Å². The van der Waals surface area contributed by atoms with Crippen LogP contribution in [0.2, 0.25) is 0 Å². The van der Waals surface area contributed by atoms with E-state index in [9.17, 15) is 0 Å². The molecule has 3 rings (SSSR count). The van der Waals surface area contributed by atoms with Crippen molar-refractivity contribution in [2.45, 2.75) is 65.5 Å². The fourth-order valence-corrected chi connectivity index (χ4v) is 4.44. The molecule has 4 heteroatoms. The lowest BCUT2D eigenvalue weighted by molar-refractivity contribution is 0.356. The largest absolute Gasteiger partial charge is 0.481 e. The molecule has 0 spiro atoms. The lowest BCUT2D eigenvalue weighted by atomic mass is 9.78. The van der Waals surface area contributed by atoms with Gasteiger partial charge in [-0.25, -0.2) is 4.98 Å². The van der Waals surface area contributed by atoms with Gasteiger partial charge in [-0.1, -0.05) is 6.92 Å². The van der Waals surface area contributed by atoms with Crippen molar-refractivity contribution < 1.29 is 4.74 Å². The number of aryl methyl sites for hydroxylation is 1. The Labute approximate surface area is 163 Å². The van der Waals surface area contributed by atoms with Crippen molar-refractivity contribution in [3.8, 4) is 5.88 Å². The van der Waals surface area contributed by atoms with E-state index in [4.69, 9.17) is 4.74 Å². The van der Waals surface area contributed by atoms with Gasteiger partial charge in [0, 0.05) is 29.5 Å². The molecule has 1 aliphatic heterocycles. The van der Waals surface area contributed by atoms with E-state index in [2.05, 4.69) is 68.6 Å². The molecule has 144 valence electrons. The van der Waals surface area contributed by atoms with E-state index < -0.39 is 0 Å². The molecule has 1 aliphatic rings. The van der Waals surface area contributed by atoms with Crippen molar-refractivity contribution in [3.05, 3.63) is 47.2 Å². The van der Waals surface area contributed by atoms with E-state index in [0.29, 0.717) is 17.8 Å². The Morgan fingerprint density at radius 1 is 1.30 bits per heavy atom.